The first-order valence-corrected chi connectivity index (χ1v) is 11.6. The minimum atomic E-state index is -1.11. The van der Waals surface area contributed by atoms with E-state index in [0.717, 1.165) is 28.5 Å². The van der Waals surface area contributed by atoms with E-state index in [4.69, 9.17) is 17.0 Å². The Balaban J connectivity index is 1.45. The largest absolute Gasteiger partial charge is 0.489 e. The molecule has 3 aromatic rings. The van der Waals surface area contributed by atoms with Gasteiger partial charge in [0.25, 0.3) is 5.91 Å². The van der Waals surface area contributed by atoms with Crippen molar-refractivity contribution in [3.63, 3.8) is 0 Å². The van der Waals surface area contributed by atoms with Crippen LogP contribution in [0.15, 0.2) is 83.8 Å². The highest BCUT2D eigenvalue weighted by atomic mass is 32.2. The Labute approximate surface area is 205 Å². The number of carbonyl (C=O) groups excluding carboxylic acids is 1. The molecule has 1 N–H and O–H groups in total. The maximum absolute atomic E-state index is 13.3. The summed E-state index contributed by atoms with van der Waals surface area (Å²) in [5, 5.41) is 9.77. The fourth-order valence-corrected chi connectivity index (χ4v) is 4.84. The van der Waals surface area contributed by atoms with E-state index in [1.54, 1.807) is 42.5 Å². The number of benzene rings is 3. The summed E-state index contributed by atoms with van der Waals surface area (Å²) in [7, 11) is 0. The predicted molar refractivity (Wildman–Crippen MR) is 134 cm³/mol. The summed E-state index contributed by atoms with van der Waals surface area (Å²) in [6, 6.07) is 21.3. The first-order valence-electron chi connectivity index (χ1n) is 10.4. The average Bonchev–Trinajstić information content (AvgIpc) is 3.10. The van der Waals surface area contributed by atoms with Gasteiger partial charge >= 0.3 is 5.97 Å². The molecule has 0 aliphatic carbocycles. The van der Waals surface area contributed by atoms with E-state index in [1.165, 1.54) is 17.0 Å². The zero-order chi connectivity index (χ0) is 24.1. The summed E-state index contributed by atoms with van der Waals surface area (Å²) in [4.78, 5) is 26.5. The minimum Gasteiger partial charge on any atom is -0.489 e. The molecule has 0 unspecified atom stereocenters. The van der Waals surface area contributed by atoms with Gasteiger partial charge in [-0.2, -0.15) is 0 Å². The van der Waals surface area contributed by atoms with Gasteiger partial charge in [0, 0.05) is 6.42 Å². The van der Waals surface area contributed by atoms with E-state index in [1.807, 2.05) is 30.3 Å². The summed E-state index contributed by atoms with van der Waals surface area (Å²) in [6.07, 6.45) is 1.84. The number of halogens is 1. The molecule has 172 valence electrons. The summed E-state index contributed by atoms with van der Waals surface area (Å²) >= 11 is 6.44. The van der Waals surface area contributed by atoms with Gasteiger partial charge in [-0.05, 0) is 47.0 Å². The number of ether oxygens (including phenoxy) is 1. The third kappa shape index (κ3) is 5.70. The van der Waals surface area contributed by atoms with Crippen molar-refractivity contribution in [2.24, 2.45) is 0 Å². The van der Waals surface area contributed by atoms with Gasteiger partial charge in [0.2, 0.25) is 0 Å². The molecule has 1 amide bonds. The smallest absolute Gasteiger partial charge is 0.327 e. The van der Waals surface area contributed by atoms with Crippen LogP contribution in [-0.4, -0.2) is 32.2 Å². The van der Waals surface area contributed by atoms with Crippen molar-refractivity contribution in [2.75, 3.05) is 0 Å². The fraction of sp³-hybridized carbons (Fsp3) is 0.115. The van der Waals surface area contributed by atoms with Crippen molar-refractivity contribution >= 4 is 46.3 Å². The van der Waals surface area contributed by atoms with Crippen molar-refractivity contribution in [3.05, 3.63) is 106 Å². The van der Waals surface area contributed by atoms with Crippen molar-refractivity contribution in [3.8, 4) is 5.75 Å². The lowest BCUT2D eigenvalue weighted by molar-refractivity contribution is -0.145. The molecule has 1 aliphatic rings. The van der Waals surface area contributed by atoms with Gasteiger partial charge in [0.1, 0.15) is 28.5 Å². The Hall–Kier alpha value is -3.49. The van der Waals surface area contributed by atoms with Gasteiger partial charge in [0.05, 0.1) is 4.91 Å². The van der Waals surface area contributed by atoms with Crippen LogP contribution in [0, 0.1) is 5.82 Å². The van der Waals surface area contributed by atoms with Gasteiger partial charge in [-0.3, -0.25) is 9.69 Å². The molecule has 0 saturated carbocycles. The highest BCUT2D eigenvalue weighted by Crippen LogP contribution is 2.35. The summed E-state index contributed by atoms with van der Waals surface area (Å²) in [6.45, 7) is 0.230. The van der Waals surface area contributed by atoms with Gasteiger partial charge in [-0.15, -0.1) is 0 Å². The average molecular weight is 494 g/mol. The minimum absolute atomic E-state index is 0.160. The predicted octanol–water partition coefficient (Wildman–Crippen LogP) is 5.30. The van der Waals surface area contributed by atoms with Crippen LogP contribution in [0.2, 0.25) is 0 Å². The molecule has 3 aromatic carbocycles. The Morgan fingerprint density at radius 1 is 1.06 bits per heavy atom. The van der Waals surface area contributed by atoms with Crippen LogP contribution >= 0.6 is 24.0 Å². The normalized spacial score (nSPS) is 15.6. The van der Waals surface area contributed by atoms with E-state index in [0.29, 0.717) is 10.7 Å². The number of carboxylic acid groups (broad SMARTS) is 1. The molecule has 1 atom stereocenters. The number of amides is 1. The van der Waals surface area contributed by atoms with Crippen molar-refractivity contribution in [1.29, 1.82) is 0 Å². The van der Waals surface area contributed by atoms with Gasteiger partial charge in [0.15, 0.2) is 0 Å². The third-order valence-corrected chi connectivity index (χ3v) is 6.49. The number of nitrogens with zero attached hydrogens (tertiary/aromatic N) is 1. The van der Waals surface area contributed by atoms with Gasteiger partial charge < -0.3 is 9.84 Å². The lowest BCUT2D eigenvalue weighted by Gasteiger charge is -2.23. The standard InChI is InChI=1S/C26H20FNO4S2/c27-20-8-4-7-19(13-20)16-32-21-11-9-18(10-12-21)15-23-24(29)28(26(33)34-23)22(25(30)31)14-17-5-2-1-3-6-17/h1-13,15,22H,14,16H2,(H,30,31)/b23-15+/t22-/m0/s1. The molecule has 0 aromatic heterocycles. The van der Waals surface area contributed by atoms with E-state index in [2.05, 4.69) is 0 Å². The topological polar surface area (TPSA) is 66.8 Å². The summed E-state index contributed by atoms with van der Waals surface area (Å²) < 4.78 is 19.2. The summed E-state index contributed by atoms with van der Waals surface area (Å²) in [5.41, 5.74) is 2.27. The van der Waals surface area contributed by atoms with Crippen LogP contribution in [0.1, 0.15) is 16.7 Å². The number of carboxylic acids is 1. The van der Waals surface area contributed by atoms with Crippen LogP contribution in [0.3, 0.4) is 0 Å². The number of rotatable bonds is 8. The molecule has 1 aliphatic heterocycles. The fourth-order valence-electron chi connectivity index (χ4n) is 3.48. The zero-order valence-corrected chi connectivity index (χ0v) is 19.5. The molecule has 8 heteroatoms. The highest BCUT2D eigenvalue weighted by molar-refractivity contribution is 8.26. The number of thioether (sulfide) groups is 1. The second-order valence-corrected chi connectivity index (χ2v) is 9.26. The van der Waals surface area contributed by atoms with Gasteiger partial charge in [-0.1, -0.05) is 78.6 Å². The molecule has 5 nitrogen and oxygen atoms in total. The second-order valence-electron chi connectivity index (χ2n) is 7.58. The van der Waals surface area contributed by atoms with Crippen LogP contribution in [0.5, 0.6) is 5.75 Å². The van der Waals surface area contributed by atoms with E-state index in [-0.39, 0.29) is 23.2 Å². The molecular formula is C26H20FNO4S2. The maximum Gasteiger partial charge on any atom is 0.327 e. The molecule has 0 spiro atoms. The maximum atomic E-state index is 13.3. The van der Waals surface area contributed by atoms with Crippen LogP contribution in [-0.2, 0) is 22.6 Å². The quantitative estimate of drug-likeness (QED) is 0.339. The molecule has 4 rings (SSSR count). The Bertz CT molecular complexity index is 1250. The number of hydrogen-bond donors (Lipinski definition) is 1. The van der Waals surface area contributed by atoms with Crippen LogP contribution < -0.4 is 4.74 Å². The van der Waals surface area contributed by atoms with Crippen LogP contribution in [0.25, 0.3) is 6.08 Å². The molecule has 1 heterocycles. The monoisotopic (exact) mass is 493 g/mol. The van der Waals surface area contributed by atoms with Crippen molar-refractivity contribution < 1.29 is 23.8 Å². The number of aliphatic carboxylic acids is 1. The molecule has 0 radical (unpaired) electrons. The Morgan fingerprint density at radius 3 is 2.44 bits per heavy atom. The van der Waals surface area contributed by atoms with Gasteiger partial charge in [-0.25, -0.2) is 9.18 Å². The molecule has 1 fully saturated rings. The Kier molecular flexibility index (Phi) is 7.40. The highest BCUT2D eigenvalue weighted by Gasteiger charge is 2.40. The number of carbonyl (C=O) groups is 2. The molecule has 34 heavy (non-hydrogen) atoms. The molecule has 1 saturated heterocycles. The van der Waals surface area contributed by atoms with Crippen molar-refractivity contribution in [1.82, 2.24) is 4.90 Å². The molecular weight excluding hydrogens is 473 g/mol. The lowest BCUT2D eigenvalue weighted by Crippen LogP contribution is -2.45. The van der Waals surface area contributed by atoms with Crippen molar-refractivity contribution in [2.45, 2.75) is 19.1 Å². The number of hydrogen-bond acceptors (Lipinski definition) is 5. The SMILES string of the molecule is O=C(O)[C@H](Cc1ccccc1)N1C(=O)/C(=C\c2ccc(OCc3cccc(F)c3)cc2)SC1=S. The Morgan fingerprint density at radius 2 is 1.76 bits per heavy atom. The lowest BCUT2D eigenvalue weighted by atomic mass is 10.0. The summed E-state index contributed by atoms with van der Waals surface area (Å²) in [5.74, 6) is -1.25. The zero-order valence-electron chi connectivity index (χ0n) is 17.9. The second kappa shape index (κ2) is 10.6. The molecule has 0 bridgehead atoms. The van der Waals surface area contributed by atoms with E-state index < -0.39 is 17.9 Å². The van der Waals surface area contributed by atoms with E-state index >= 15 is 0 Å². The first-order chi connectivity index (χ1) is 16.4. The number of thiocarbonyl (C=S) groups is 1. The first kappa shape index (κ1) is 23.7. The third-order valence-electron chi connectivity index (χ3n) is 5.16. The van der Waals surface area contributed by atoms with E-state index in [9.17, 15) is 19.1 Å². The van der Waals surface area contributed by atoms with Crippen LogP contribution in [0.4, 0.5) is 4.39 Å².